The first-order chi connectivity index (χ1) is 13.5. The average Bonchev–Trinajstić information content (AvgIpc) is 3.32. The number of imidazole rings is 1. The Morgan fingerprint density at radius 3 is 2.75 bits per heavy atom. The Bertz CT molecular complexity index is 814. The molecule has 2 aliphatic heterocycles. The van der Waals surface area contributed by atoms with Crippen molar-refractivity contribution in [1.29, 1.82) is 0 Å². The summed E-state index contributed by atoms with van der Waals surface area (Å²) in [4.78, 5) is 25.5. The molecule has 1 saturated heterocycles. The van der Waals surface area contributed by atoms with Gasteiger partial charge in [0.2, 0.25) is 5.91 Å². The normalized spacial score (nSPS) is 19.4. The van der Waals surface area contributed by atoms with Gasteiger partial charge >= 0.3 is 0 Å². The first-order valence-corrected chi connectivity index (χ1v) is 10.5. The molecule has 28 heavy (non-hydrogen) atoms. The predicted molar refractivity (Wildman–Crippen MR) is 108 cm³/mol. The molecule has 7 heteroatoms. The summed E-state index contributed by atoms with van der Waals surface area (Å²) < 4.78 is 1.86. The van der Waals surface area contributed by atoms with Crippen molar-refractivity contribution in [2.75, 3.05) is 26.2 Å². The minimum atomic E-state index is -0.0201. The molecule has 2 aromatic heterocycles. The Morgan fingerprint density at radius 1 is 1.29 bits per heavy atom. The lowest BCUT2D eigenvalue weighted by Crippen LogP contribution is -2.57. The Morgan fingerprint density at radius 2 is 2.07 bits per heavy atom. The molecule has 4 rings (SSSR count). The number of fused-ring (bicyclic) bond motifs is 2. The fourth-order valence-electron chi connectivity index (χ4n) is 4.87. The summed E-state index contributed by atoms with van der Waals surface area (Å²) in [7, 11) is 0. The molecule has 7 nitrogen and oxygen atoms in total. The number of H-pyrrole nitrogens is 1. The standard InChI is InChI=1S/C21H32N6O/c1-16(2)14-26-9-5-18-20(23-15-22-18)21(26)7-12-25(13-8-21)19(28)6-11-27-10-4-17(3)24-27/h4,10,15-16H,5-9,11-14H2,1-3H3,(H,22,23). The molecule has 1 fully saturated rings. The van der Waals surface area contributed by atoms with Crippen molar-refractivity contribution in [2.45, 2.75) is 58.5 Å². The van der Waals surface area contributed by atoms with Gasteiger partial charge < -0.3 is 9.88 Å². The summed E-state index contributed by atoms with van der Waals surface area (Å²) in [6.07, 6.45) is 7.26. The largest absolute Gasteiger partial charge is 0.348 e. The maximum Gasteiger partial charge on any atom is 0.224 e. The molecule has 0 bridgehead atoms. The van der Waals surface area contributed by atoms with Crippen molar-refractivity contribution in [1.82, 2.24) is 29.5 Å². The highest BCUT2D eigenvalue weighted by Gasteiger charge is 2.47. The Labute approximate surface area is 167 Å². The van der Waals surface area contributed by atoms with E-state index in [4.69, 9.17) is 4.98 Å². The molecule has 1 spiro atoms. The summed E-state index contributed by atoms with van der Waals surface area (Å²) in [6, 6.07) is 1.98. The lowest BCUT2D eigenvalue weighted by Gasteiger charge is -2.51. The van der Waals surface area contributed by atoms with E-state index in [9.17, 15) is 4.79 Å². The van der Waals surface area contributed by atoms with Crippen molar-refractivity contribution in [3.05, 3.63) is 35.7 Å². The van der Waals surface area contributed by atoms with Crippen LogP contribution in [0.5, 0.6) is 0 Å². The zero-order chi connectivity index (χ0) is 19.7. The fourth-order valence-corrected chi connectivity index (χ4v) is 4.87. The van der Waals surface area contributed by atoms with Crippen LogP contribution in [0.15, 0.2) is 18.6 Å². The lowest BCUT2D eigenvalue weighted by atomic mass is 9.78. The van der Waals surface area contributed by atoms with Gasteiger partial charge in [-0.15, -0.1) is 0 Å². The number of rotatable bonds is 5. The van der Waals surface area contributed by atoms with Gasteiger partial charge in [0.25, 0.3) is 0 Å². The molecule has 1 N–H and O–H groups in total. The van der Waals surface area contributed by atoms with E-state index in [1.165, 1.54) is 11.4 Å². The third-order valence-electron chi connectivity index (χ3n) is 6.25. The molecule has 152 valence electrons. The number of amides is 1. The number of aromatic nitrogens is 4. The topological polar surface area (TPSA) is 70.1 Å². The minimum Gasteiger partial charge on any atom is -0.348 e. The van der Waals surface area contributed by atoms with Crippen LogP contribution >= 0.6 is 0 Å². The Kier molecular flexibility index (Phi) is 5.27. The molecule has 1 amide bonds. The van der Waals surface area contributed by atoms with Crippen LogP contribution in [-0.2, 0) is 23.3 Å². The SMILES string of the molecule is Cc1ccn(CCC(=O)N2CCC3(CC2)c2nc[nH]c2CCN3CC(C)C)n1. The van der Waals surface area contributed by atoms with E-state index in [0.717, 1.165) is 51.1 Å². The molecule has 0 aliphatic carbocycles. The van der Waals surface area contributed by atoms with E-state index < -0.39 is 0 Å². The second kappa shape index (κ2) is 7.70. The second-order valence-corrected chi connectivity index (χ2v) is 8.70. The highest BCUT2D eigenvalue weighted by Crippen LogP contribution is 2.42. The number of aromatic amines is 1. The molecule has 0 aromatic carbocycles. The molecule has 2 aliphatic rings. The summed E-state index contributed by atoms with van der Waals surface area (Å²) in [5, 5.41) is 4.38. The number of piperidine rings is 1. The van der Waals surface area contributed by atoms with Gasteiger partial charge in [-0.3, -0.25) is 14.4 Å². The van der Waals surface area contributed by atoms with Crippen LogP contribution in [0.1, 0.15) is 50.2 Å². The first kappa shape index (κ1) is 19.2. The van der Waals surface area contributed by atoms with Gasteiger partial charge in [0.15, 0.2) is 0 Å². The number of hydrogen-bond acceptors (Lipinski definition) is 4. The van der Waals surface area contributed by atoms with Crippen molar-refractivity contribution < 1.29 is 4.79 Å². The number of nitrogens with zero attached hydrogens (tertiary/aromatic N) is 5. The van der Waals surface area contributed by atoms with E-state index in [1.807, 2.05) is 35.1 Å². The number of likely N-dealkylation sites (tertiary alicyclic amines) is 1. The number of nitrogens with one attached hydrogen (secondary N) is 1. The lowest BCUT2D eigenvalue weighted by molar-refractivity contribution is -0.135. The number of carbonyl (C=O) groups excluding carboxylic acids is 1. The Balaban J connectivity index is 1.43. The molecule has 0 radical (unpaired) electrons. The zero-order valence-electron chi connectivity index (χ0n) is 17.3. The second-order valence-electron chi connectivity index (χ2n) is 8.70. The molecule has 4 heterocycles. The van der Waals surface area contributed by atoms with Crippen LogP contribution in [0.25, 0.3) is 0 Å². The van der Waals surface area contributed by atoms with Crippen LogP contribution in [-0.4, -0.2) is 61.6 Å². The highest BCUT2D eigenvalue weighted by atomic mass is 16.2. The van der Waals surface area contributed by atoms with Crippen molar-refractivity contribution in [3.8, 4) is 0 Å². The van der Waals surface area contributed by atoms with Crippen LogP contribution in [0, 0.1) is 12.8 Å². The maximum atomic E-state index is 12.8. The number of hydrogen-bond donors (Lipinski definition) is 1. The van der Waals surface area contributed by atoms with E-state index in [0.29, 0.717) is 18.9 Å². The molecular weight excluding hydrogens is 352 g/mol. The molecule has 0 unspecified atom stereocenters. The quantitative estimate of drug-likeness (QED) is 0.859. The van der Waals surface area contributed by atoms with Crippen LogP contribution in [0.2, 0.25) is 0 Å². The van der Waals surface area contributed by atoms with E-state index >= 15 is 0 Å². The van der Waals surface area contributed by atoms with Gasteiger partial charge in [-0.05, 0) is 31.7 Å². The van der Waals surface area contributed by atoms with Crippen LogP contribution < -0.4 is 0 Å². The van der Waals surface area contributed by atoms with Gasteiger partial charge in [-0.25, -0.2) is 4.98 Å². The zero-order valence-corrected chi connectivity index (χ0v) is 17.3. The van der Waals surface area contributed by atoms with Crippen molar-refractivity contribution in [2.24, 2.45) is 5.92 Å². The van der Waals surface area contributed by atoms with Gasteiger partial charge in [-0.1, -0.05) is 13.8 Å². The predicted octanol–water partition coefficient (Wildman–Crippen LogP) is 2.34. The summed E-state index contributed by atoms with van der Waals surface area (Å²) >= 11 is 0. The summed E-state index contributed by atoms with van der Waals surface area (Å²) in [5.74, 6) is 0.853. The third kappa shape index (κ3) is 3.60. The molecule has 0 atom stereocenters. The first-order valence-electron chi connectivity index (χ1n) is 10.5. The summed E-state index contributed by atoms with van der Waals surface area (Å²) in [6.45, 7) is 10.9. The average molecular weight is 385 g/mol. The van der Waals surface area contributed by atoms with Crippen molar-refractivity contribution >= 4 is 5.91 Å². The fraction of sp³-hybridized carbons (Fsp3) is 0.667. The van der Waals surface area contributed by atoms with E-state index in [1.54, 1.807) is 0 Å². The Hall–Kier alpha value is -2.15. The van der Waals surface area contributed by atoms with E-state index in [2.05, 4.69) is 28.8 Å². The molecule has 2 aromatic rings. The van der Waals surface area contributed by atoms with Crippen LogP contribution in [0.4, 0.5) is 0 Å². The van der Waals surface area contributed by atoms with E-state index in [-0.39, 0.29) is 11.4 Å². The van der Waals surface area contributed by atoms with Crippen molar-refractivity contribution in [3.63, 3.8) is 0 Å². The minimum absolute atomic E-state index is 0.0201. The van der Waals surface area contributed by atoms with Gasteiger partial charge in [-0.2, -0.15) is 5.10 Å². The maximum absolute atomic E-state index is 12.8. The number of aryl methyl sites for hydroxylation is 2. The van der Waals surface area contributed by atoms with Gasteiger partial charge in [0, 0.05) is 57.5 Å². The van der Waals surface area contributed by atoms with Gasteiger partial charge in [0.1, 0.15) is 0 Å². The smallest absolute Gasteiger partial charge is 0.224 e. The van der Waals surface area contributed by atoms with Gasteiger partial charge in [0.05, 0.1) is 23.3 Å². The third-order valence-corrected chi connectivity index (χ3v) is 6.25. The monoisotopic (exact) mass is 384 g/mol. The summed E-state index contributed by atoms with van der Waals surface area (Å²) in [5.41, 5.74) is 3.48. The molecule has 0 saturated carbocycles. The molecular formula is C21H32N6O. The number of carbonyl (C=O) groups is 1. The van der Waals surface area contributed by atoms with Crippen LogP contribution in [0.3, 0.4) is 0 Å². The highest BCUT2D eigenvalue weighted by molar-refractivity contribution is 5.76.